The molecule has 1 atom stereocenters. The van der Waals surface area contributed by atoms with E-state index >= 15 is 0 Å². The van der Waals surface area contributed by atoms with E-state index in [2.05, 4.69) is 19.2 Å². The van der Waals surface area contributed by atoms with Crippen LogP contribution < -0.4 is 5.32 Å². The fraction of sp³-hybridized carbons (Fsp3) is 0.923. The van der Waals surface area contributed by atoms with Crippen molar-refractivity contribution >= 4 is 5.91 Å². The molecule has 3 nitrogen and oxygen atoms in total. The van der Waals surface area contributed by atoms with Crippen molar-refractivity contribution in [3.05, 3.63) is 0 Å². The Kier molecular flexibility index (Phi) is 5.26. The van der Waals surface area contributed by atoms with Crippen LogP contribution in [0, 0.1) is 17.8 Å². The van der Waals surface area contributed by atoms with E-state index in [1.807, 2.05) is 6.92 Å². The second kappa shape index (κ2) is 6.24. The molecule has 1 fully saturated rings. The van der Waals surface area contributed by atoms with Gasteiger partial charge in [-0.1, -0.05) is 13.8 Å². The van der Waals surface area contributed by atoms with E-state index in [1.165, 1.54) is 12.8 Å². The average Bonchev–Trinajstić information content (AvgIpc) is 2.28. The molecule has 3 heteroatoms. The first-order chi connectivity index (χ1) is 7.54. The zero-order valence-corrected chi connectivity index (χ0v) is 10.7. The molecule has 0 aromatic rings. The molecule has 0 radical (unpaired) electrons. The summed E-state index contributed by atoms with van der Waals surface area (Å²) >= 11 is 0. The van der Waals surface area contributed by atoms with Crippen LogP contribution in [0.15, 0.2) is 0 Å². The molecule has 16 heavy (non-hydrogen) atoms. The normalized spacial score (nSPS) is 27.8. The number of aliphatic hydroxyl groups excluding tert-OH is 1. The van der Waals surface area contributed by atoms with E-state index in [9.17, 15) is 4.79 Å². The Bertz CT molecular complexity index is 220. The number of amides is 1. The first-order valence-corrected chi connectivity index (χ1v) is 6.45. The Labute approximate surface area is 98.6 Å². The fourth-order valence-corrected chi connectivity index (χ4v) is 2.45. The molecule has 0 unspecified atom stereocenters. The molecule has 0 aliphatic heterocycles. The lowest BCUT2D eigenvalue weighted by Crippen LogP contribution is -2.40. The van der Waals surface area contributed by atoms with Gasteiger partial charge in [0.15, 0.2) is 0 Å². The van der Waals surface area contributed by atoms with Crippen molar-refractivity contribution in [2.45, 2.75) is 52.5 Å². The highest BCUT2D eigenvalue weighted by Gasteiger charge is 2.27. The third-order valence-electron chi connectivity index (χ3n) is 3.75. The van der Waals surface area contributed by atoms with Gasteiger partial charge in [-0.25, -0.2) is 0 Å². The summed E-state index contributed by atoms with van der Waals surface area (Å²) in [5.74, 6) is 1.83. The SMILES string of the molecule is CC(C)[C@H]1CC[C@@H](C(=O)N[C@H](C)CO)CC1. The Morgan fingerprint density at radius 1 is 1.25 bits per heavy atom. The van der Waals surface area contributed by atoms with Crippen LogP contribution in [0.3, 0.4) is 0 Å². The molecule has 1 aliphatic rings. The molecule has 0 bridgehead atoms. The van der Waals surface area contributed by atoms with Gasteiger partial charge >= 0.3 is 0 Å². The molecule has 1 saturated carbocycles. The standard InChI is InChI=1S/C13H25NO2/c1-9(2)11-4-6-12(7-5-11)13(16)14-10(3)8-15/h9-12,15H,4-8H2,1-3H3,(H,14,16)/t10-,11-,12+/m1/s1. The summed E-state index contributed by atoms with van der Waals surface area (Å²) in [6.45, 7) is 6.38. The highest BCUT2D eigenvalue weighted by atomic mass is 16.3. The van der Waals surface area contributed by atoms with Crippen molar-refractivity contribution in [3.8, 4) is 0 Å². The summed E-state index contributed by atoms with van der Waals surface area (Å²) in [6, 6.07) is -0.115. The first kappa shape index (κ1) is 13.5. The number of carbonyl (C=O) groups excluding carboxylic acids is 1. The van der Waals surface area contributed by atoms with E-state index < -0.39 is 0 Å². The predicted molar refractivity (Wildman–Crippen MR) is 65.0 cm³/mol. The van der Waals surface area contributed by atoms with Crippen molar-refractivity contribution in [1.82, 2.24) is 5.32 Å². The van der Waals surface area contributed by atoms with E-state index in [4.69, 9.17) is 5.11 Å². The van der Waals surface area contributed by atoms with Crippen LogP contribution >= 0.6 is 0 Å². The third-order valence-corrected chi connectivity index (χ3v) is 3.75. The van der Waals surface area contributed by atoms with Gasteiger partial charge < -0.3 is 10.4 Å². The summed E-state index contributed by atoms with van der Waals surface area (Å²) < 4.78 is 0. The van der Waals surface area contributed by atoms with Crippen LogP contribution in [0.25, 0.3) is 0 Å². The van der Waals surface area contributed by atoms with Crippen molar-refractivity contribution in [1.29, 1.82) is 0 Å². The van der Waals surface area contributed by atoms with Gasteiger partial charge in [-0.2, -0.15) is 0 Å². The highest BCUT2D eigenvalue weighted by Crippen LogP contribution is 2.33. The van der Waals surface area contributed by atoms with Crippen molar-refractivity contribution < 1.29 is 9.90 Å². The predicted octanol–water partition coefficient (Wildman–Crippen LogP) is 1.95. The molecule has 0 aromatic heterocycles. The quantitative estimate of drug-likeness (QED) is 0.771. The molecule has 0 saturated heterocycles. The minimum Gasteiger partial charge on any atom is -0.394 e. The largest absolute Gasteiger partial charge is 0.394 e. The zero-order chi connectivity index (χ0) is 12.1. The van der Waals surface area contributed by atoms with Gasteiger partial charge in [0.25, 0.3) is 0 Å². The summed E-state index contributed by atoms with van der Waals surface area (Å²) in [4.78, 5) is 11.8. The van der Waals surface area contributed by atoms with E-state index in [1.54, 1.807) is 0 Å². The van der Waals surface area contributed by atoms with Crippen molar-refractivity contribution in [3.63, 3.8) is 0 Å². The molecule has 1 amide bonds. The van der Waals surface area contributed by atoms with Crippen LogP contribution in [0.5, 0.6) is 0 Å². The number of nitrogens with one attached hydrogen (secondary N) is 1. The lowest BCUT2D eigenvalue weighted by Gasteiger charge is -2.30. The maximum Gasteiger partial charge on any atom is 0.223 e. The van der Waals surface area contributed by atoms with Gasteiger partial charge in [-0.05, 0) is 44.4 Å². The van der Waals surface area contributed by atoms with Gasteiger partial charge in [0.2, 0.25) is 5.91 Å². The van der Waals surface area contributed by atoms with Crippen LogP contribution in [-0.4, -0.2) is 23.7 Å². The lowest BCUT2D eigenvalue weighted by molar-refractivity contribution is -0.127. The van der Waals surface area contributed by atoms with Gasteiger partial charge in [0.05, 0.1) is 6.61 Å². The van der Waals surface area contributed by atoms with Crippen molar-refractivity contribution in [2.75, 3.05) is 6.61 Å². The smallest absolute Gasteiger partial charge is 0.223 e. The molecule has 2 N–H and O–H groups in total. The molecular weight excluding hydrogens is 202 g/mol. The van der Waals surface area contributed by atoms with Crippen molar-refractivity contribution in [2.24, 2.45) is 17.8 Å². The number of carbonyl (C=O) groups is 1. The highest BCUT2D eigenvalue weighted by molar-refractivity contribution is 5.78. The maximum absolute atomic E-state index is 11.8. The molecule has 0 heterocycles. The molecule has 1 rings (SSSR count). The lowest BCUT2D eigenvalue weighted by atomic mass is 9.76. The second-order valence-electron chi connectivity index (χ2n) is 5.45. The maximum atomic E-state index is 11.8. The Morgan fingerprint density at radius 3 is 2.25 bits per heavy atom. The monoisotopic (exact) mass is 227 g/mol. The average molecular weight is 227 g/mol. The summed E-state index contributed by atoms with van der Waals surface area (Å²) in [5, 5.41) is 11.7. The first-order valence-electron chi connectivity index (χ1n) is 6.45. The summed E-state index contributed by atoms with van der Waals surface area (Å²) in [5.41, 5.74) is 0. The minimum absolute atomic E-state index is 0.0209. The van der Waals surface area contributed by atoms with Gasteiger partial charge in [0, 0.05) is 12.0 Å². The minimum atomic E-state index is -0.115. The van der Waals surface area contributed by atoms with Gasteiger partial charge in [0.1, 0.15) is 0 Å². The van der Waals surface area contributed by atoms with Gasteiger partial charge in [-0.3, -0.25) is 4.79 Å². The van der Waals surface area contributed by atoms with Crippen LogP contribution in [0.4, 0.5) is 0 Å². The van der Waals surface area contributed by atoms with E-state index in [-0.39, 0.29) is 24.5 Å². The van der Waals surface area contributed by atoms with Crippen LogP contribution in [-0.2, 0) is 4.79 Å². The second-order valence-corrected chi connectivity index (χ2v) is 5.45. The van der Waals surface area contributed by atoms with E-state index in [0.717, 1.165) is 24.7 Å². The molecule has 0 spiro atoms. The Hall–Kier alpha value is -0.570. The Balaban J connectivity index is 2.33. The molecule has 0 aromatic carbocycles. The number of hydrogen-bond acceptors (Lipinski definition) is 2. The van der Waals surface area contributed by atoms with E-state index in [0.29, 0.717) is 0 Å². The molecule has 94 valence electrons. The van der Waals surface area contributed by atoms with Crippen LogP contribution in [0.1, 0.15) is 46.5 Å². The Morgan fingerprint density at radius 2 is 1.81 bits per heavy atom. The number of aliphatic hydroxyl groups is 1. The molecule has 1 aliphatic carbocycles. The fourth-order valence-electron chi connectivity index (χ4n) is 2.45. The summed E-state index contributed by atoms with van der Waals surface area (Å²) in [7, 11) is 0. The number of rotatable bonds is 4. The molecular formula is C13H25NO2. The third kappa shape index (κ3) is 3.78. The number of hydrogen-bond donors (Lipinski definition) is 2. The van der Waals surface area contributed by atoms with Gasteiger partial charge in [-0.15, -0.1) is 0 Å². The summed E-state index contributed by atoms with van der Waals surface area (Å²) in [6.07, 6.45) is 4.35. The topological polar surface area (TPSA) is 49.3 Å². The zero-order valence-electron chi connectivity index (χ0n) is 10.7. The van der Waals surface area contributed by atoms with Crippen LogP contribution in [0.2, 0.25) is 0 Å².